The third-order valence-electron chi connectivity index (χ3n) is 11.8. The summed E-state index contributed by atoms with van der Waals surface area (Å²) in [6.07, 6.45) is 7.26. The van der Waals surface area contributed by atoms with Crippen LogP contribution in [0.15, 0.2) is 59.8 Å². The van der Waals surface area contributed by atoms with Crippen molar-refractivity contribution in [3.8, 4) is 28.4 Å². The van der Waals surface area contributed by atoms with E-state index < -0.39 is 29.7 Å². The zero-order chi connectivity index (χ0) is 40.7. The van der Waals surface area contributed by atoms with E-state index >= 15 is 0 Å². The number of nitrogens with zero attached hydrogens (tertiary/aromatic N) is 5. The van der Waals surface area contributed by atoms with Gasteiger partial charge in [0, 0.05) is 69.3 Å². The number of ether oxygens (including phenoxy) is 4. The minimum atomic E-state index is -1.04. The molecule has 6 heterocycles. The van der Waals surface area contributed by atoms with Crippen molar-refractivity contribution in [2.45, 2.75) is 50.2 Å². The Morgan fingerprint density at radius 2 is 1.66 bits per heavy atom. The Morgan fingerprint density at radius 1 is 0.897 bits per heavy atom. The van der Waals surface area contributed by atoms with Gasteiger partial charge < -0.3 is 28.4 Å². The summed E-state index contributed by atoms with van der Waals surface area (Å²) in [5.74, 6) is -0.556. The van der Waals surface area contributed by atoms with Gasteiger partial charge in [-0.2, -0.15) is 0 Å². The van der Waals surface area contributed by atoms with Crippen molar-refractivity contribution in [3.05, 3.63) is 82.0 Å². The van der Waals surface area contributed by atoms with Gasteiger partial charge in [0.2, 0.25) is 17.7 Å². The summed E-state index contributed by atoms with van der Waals surface area (Å²) in [6.45, 7) is 3.32. The molecule has 16 nitrogen and oxygen atoms in total. The van der Waals surface area contributed by atoms with Gasteiger partial charge in [0.15, 0.2) is 0 Å². The van der Waals surface area contributed by atoms with Crippen LogP contribution in [0, 0.1) is 0 Å². The van der Waals surface area contributed by atoms with Crippen molar-refractivity contribution in [1.29, 1.82) is 0 Å². The number of benzene rings is 2. The van der Waals surface area contributed by atoms with Gasteiger partial charge in [-0.1, -0.05) is 0 Å². The Kier molecular flexibility index (Phi) is 10.5. The number of aromatic nitrogens is 2. The Labute approximate surface area is 333 Å². The zero-order valence-corrected chi connectivity index (χ0v) is 32.6. The molecule has 5 amide bonds. The minimum Gasteiger partial charge on any atom is -0.496 e. The molecule has 0 aliphatic carbocycles. The number of piperidine rings is 1. The SMILES string of the molecule is COc1cc(-c2cn(C)c(=O)c3cnccc23)cc(OC)c1CN1CCC12CCN(C(=O)CCOCCOc1ccc3c(c1)C(=O)N(C1CCC(=O)NC1=O)C3=O)C2. The number of carbonyl (C=O) groups is 5. The van der Waals surface area contributed by atoms with Crippen LogP contribution in [0.4, 0.5) is 0 Å². The van der Waals surface area contributed by atoms with E-state index in [0.717, 1.165) is 46.4 Å². The first kappa shape index (κ1) is 38.7. The molecule has 2 atom stereocenters. The maximum atomic E-state index is 13.3. The molecule has 16 heteroatoms. The van der Waals surface area contributed by atoms with Crippen molar-refractivity contribution >= 4 is 40.3 Å². The number of methoxy groups -OCH3 is 2. The Morgan fingerprint density at radius 3 is 2.38 bits per heavy atom. The molecule has 4 aliphatic heterocycles. The van der Waals surface area contributed by atoms with Gasteiger partial charge in [0.25, 0.3) is 17.4 Å². The number of fused-ring (bicyclic) bond motifs is 2. The third kappa shape index (κ3) is 6.95. The molecule has 3 saturated heterocycles. The molecule has 3 fully saturated rings. The summed E-state index contributed by atoms with van der Waals surface area (Å²) in [6, 6.07) is 9.29. The maximum Gasteiger partial charge on any atom is 0.262 e. The highest BCUT2D eigenvalue weighted by Gasteiger charge is 2.50. The highest BCUT2D eigenvalue weighted by atomic mass is 16.5. The fraction of sp³-hybridized carbons (Fsp3) is 0.405. The number of aryl methyl sites for hydroxylation is 1. The summed E-state index contributed by atoms with van der Waals surface area (Å²) in [5, 5.41) is 3.51. The van der Waals surface area contributed by atoms with Crippen molar-refractivity contribution < 1.29 is 42.9 Å². The number of hydrogen-bond donors (Lipinski definition) is 1. The molecule has 0 saturated carbocycles. The number of amides is 5. The van der Waals surface area contributed by atoms with Crippen LogP contribution in [0.25, 0.3) is 21.9 Å². The lowest BCUT2D eigenvalue weighted by Crippen LogP contribution is -2.60. The summed E-state index contributed by atoms with van der Waals surface area (Å²) < 4.78 is 24.9. The molecule has 4 aliphatic rings. The molecule has 2 aromatic carbocycles. The van der Waals surface area contributed by atoms with E-state index in [9.17, 15) is 28.8 Å². The van der Waals surface area contributed by atoms with Crippen LogP contribution < -0.4 is 25.1 Å². The summed E-state index contributed by atoms with van der Waals surface area (Å²) in [7, 11) is 5.00. The molecular weight excluding hydrogens is 748 g/mol. The second-order valence-electron chi connectivity index (χ2n) is 15.1. The van der Waals surface area contributed by atoms with Crippen LogP contribution in [0.1, 0.15) is 58.4 Å². The molecule has 0 bridgehead atoms. The summed E-state index contributed by atoms with van der Waals surface area (Å²) in [4.78, 5) is 85.4. The molecule has 2 unspecified atom stereocenters. The van der Waals surface area contributed by atoms with E-state index in [2.05, 4.69) is 15.2 Å². The molecule has 0 radical (unpaired) electrons. The fourth-order valence-corrected chi connectivity index (χ4v) is 8.57. The van der Waals surface area contributed by atoms with E-state index in [4.69, 9.17) is 18.9 Å². The monoisotopic (exact) mass is 792 g/mol. The third-order valence-corrected chi connectivity index (χ3v) is 11.8. The largest absolute Gasteiger partial charge is 0.496 e. The van der Waals surface area contributed by atoms with Gasteiger partial charge in [0.05, 0.1) is 55.9 Å². The smallest absolute Gasteiger partial charge is 0.262 e. The first-order chi connectivity index (χ1) is 28.0. The summed E-state index contributed by atoms with van der Waals surface area (Å²) >= 11 is 0. The lowest BCUT2D eigenvalue weighted by molar-refractivity contribution is -0.136. The van der Waals surface area contributed by atoms with Crippen LogP contribution in [0.3, 0.4) is 0 Å². The van der Waals surface area contributed by atoms with Crippen LogP contribution >= 0.6 is 0 Å². The lowest BCUT2D eigenvalue weighted by atomic mass is 9.83. The van der Waals surface area contributed by atoms with Crippen LogP contribution in [0.5, 0.6) is 17.2 Å². The number of nitrogens with one attached hydrogen (secondary N) is 1. The predicted octanol–water partition coefficient (Wildman–Crippen LogP) is 2.68. The van der Waals surface area contributed by atoms with Crippen molar-refractivity contribution in [3.63, 3.8) is 0 Å². The van der Waals surface area contributed by atoms with E-state index in [1.165, 1.54) is 12.1 Å². The maximum absolute atomic E-state index is 13.3. The highest BCUT2D eigenvalue weighted by Crippen LogP contribution is 2.44. The summed E-state index contributed by atoms with van der Waals surface area (Å²) in [5.41, 5.74) is 2.68. The molecule has 2 aromatic heterocycles. The Hall–Kier alpha value is -6.13. The van der Waals surface area contributed by atoms with E-state index in [0.29, 0.717) is 42.3 Å². The van der Waals surface area contributed by atoms with Crippen molar-refractivity contribution in [2.24, 2.45) is 7.05 Å². The standard InChI is InChI=1S/C42H44N6O10/c1-45-22-31(27-8-12-43-21-30(27)39(45)52)25-18-34(55-2)32(35(19-25)56-3)23-47-14-11-42(47)10-13-46(24-42)37(50)9-15-57-16-17-58-26-4-5-28-29(20-26)41(54)48(40(28)53)33-6-7-36(49)44-38(33)51/h4-5,8,12,18-22,33H,6-7,9-11,13-17,23-24H2,1-3H3,(H,44,49,51). The van der Waals surface area contributed by atoms with Gasteiger partial charge in [-0.15, -0.1) is 0 Å². The molecule has 1 spiro atoms. The number of likely N-dealkylation sites (tertiary alicyclic amines) is 2. The number of carbonyl (C=O) groups excluding carboxylic acids is 5. The van der Waals surface area contributed by atoms with Crippen LogP contribution in [0.2, 0.25) is 0 Å². The normalized spacial score (nSPS) is 20.4. The molecular formula is C42H44N6O10. The first-order valence-electron chi connectivity index (χ1n) is 19.3. The second-order valence-corrected chi connectivity index (χ2v) is 15.1. The van der Waals surface area contributed by atoms with Crippen molar-refractivity contribution in [1.82, 2.24) is 29.6 Å². The topological polar surface area (TPSA) is 179 Å². The fourth-order valence-electron chi connectivity index (χ4n) is 8.57. The van der Waals surface area contributed by atoms with Crippen LogP contribution in [-0.2, 0) is 32.7 Å². The minimum absolute atomic E-state index is 0.0196. The zero-order valence-electron chi connectivity index (χ0n) is 32.6. The lowest BCUT2D eigenvalue weighted by Gasteiger charge is -2.51. The Bertz CT molecular complexity index is 2390. The van der Waals surface area contributed by atoms with Crippen LogP contribution in [-0.4, -0.2) is 119 Å². The van der Waals surface area contributed by atoms with Crippen molar-refractivity contribution in [2.75, 3.05) is 53.7 Å². The molecule has 8 rings (SSSR count). The first-order valence-corrected chi connectivity index (χ1v) is 19.3. The van der Waals surface area contributed by atoms with E-state index in [1.54, 1.807) is 44.3 Å². The van der Waals surface area contributed by atoms with Gasteiger partial charge >= 0.3 is 0 Å². The van der Waals surface area contributed by atoms with E-state index in [-0.39, 0.29) is 67.2 Å². The number of rotatable bonds is 13. The van der Waals surface area contributed by atoms with Gasteiger partial charge in [-0.05, 0) is 66.6 Å². The highest BCUT2D eigenvalue weighted by molar-refractivity contribution is 6.23. The average molecular weight is 793 g/mol. The number of pyridine rings is 2. The number of hydrogen-bond acceptors (Lipinski definition) is 12. The predicted molar refractivity (Wildman–Crippen MR) is 209 cm³/mol. The number of imide groups is 2. The Balaban J connectivity index is 0.827. The van der Waals surface area contributed by atoms with E-state index in [1.807, 2.05) is 29.3 Å². The van der Waals surface area contributed by atoms with Gasteiger partial charge in [-0.3, -0.25) is 48.9 Å². The molecule has 1 N–H and O–H groups in total. The van der Waals surface area contributed by atoms with Gasteiger partial charge in [0.1, 0.15) is 29.9 Å². The molecule has 58 heavy (non-hydrogen) atoms. The quantitative estimate of drug-likeness (QED) is 0.155. The second kappa shape index (κ2) is 15.7. The molecule has 302 valence electrons. The van der Waals surface area contributed by atoms with Gasteiger partial charge in [-0.25, -0.2) is 0 Å². The average Bonchev–Trinajstić information content (AvgIpc) is 3.80. The molecule has 4 aromatic rings.